The Morgan fingerprint density at radius 1 is 1.12 bits per heavy atom. The van der Waals surface area contributed by atoms with E-state index in [2.05, 4.69) is 31.9 Å². The number of aryl methyl sites for hydroxylation is 1. The van der Waals surface area contributed by atoms with Crippen LogP contribution in [0, 0.1) is 0 Å². The Kier molecular flexibility index (Phi) is 5.93. The predicted octanol–water partition coefficient (Wildman–Crippen LogP) is 1.64. The summed E-state index contributed by atoms with van der Waals surface area (Å²) >= 11 is 1.20. The first kappa shape index (κ1) is 21.5. The highest BCUT2D eigenvalue weighted by atomic mass is 32.2. The fourth-order valence-corrected chi connectivity index (χ4v) is 4.81. The molecule has 2 aromatic heterocycles. The summed E-state index contributed by atoms with van der Waals surface area (Å²) < 4.78 is 29.0. The van der Waals surface area contributed by atoms with Crippen LogP contribution in [-0.4, -0.2) is 28.4 Å². The van der Waals surface area contributed by atoms with Gasteiger partial charge in [-0.2, -0.15) is 0 Å². The number of sulfonamides is 1. The molecule has 0 atom stereocenters. The Morgan fingerprint density at radius 3 is 2.50 bits per heavy atom. The Hall–Kier alpha value is -3.70. The standard InChI is InChI=1S/C21H20N6O3S2/c1-3-19-23-24-21(31-19)26-32(29,30)17-11-9-15(10-12-17)22-13-18-14(2)25-27(20(18)28)16-7-5-4-6-8-16/h4-13,22,25H,2-3H2,1H3,(H,24,26)/b18-13+. The Morgan fingerprint density at radius 2 is 1.84 bits per heavy atom. The molecule has 9 nitrogen and oxygen atoms in total. The van der Waals surface area contributed by atoms with Crippen molar-refractivity contribution in [3.8, 4) is 5.69 Å². The molecule has 32 heavy (non-hydrogen) atoms. The molecule has 164 valence electrons. The van der Waals surface area contributed by atoms with Gasteiger partial charge in [-0.05, 0) is 42.8 Å². The number of nitrogens with zero attached hydrogens (tertiary/aromatic N) is 3. The van der Waals surface area contributed by atoms with Gasteiger partial charge in [-0.1, -0.05) is 43.0 Å². The number of aromatic nitrogens is 4. The first-order chi connectivity index (χ1) is 15.4. The summed E-state index contributed by atoms with van der Waals surface area (Å²) in [5.41, 5.74) is 1.06. The van der Waals surface area contributed by atoms with Crippen molar-refractivity contribution in [3.05, 3.63) is 80.5 Å². The summed E-state index contributed by atoms with van der Waals surface area (Å²) in [5, 5.41) is 15.5. The van der Waals surface area contributed by atoms with Crippen molar-refractivity contribution >= 4 is 45.0 Å². The van der Waals surface area contributed by atoms with Crippen LogP contribution in [0.25, 0.3) is 18.5 Å². The van der Waals surface area contributed by atoms with Crippen LogP contribution in [0.5, 0.6) is 0 Å². The summed E-state index contributed by atoms with van der Waals surface area (Å²) in [5.74, 6) is 0. The fraction of sp³-hybridized carbons (Fsp3) is 0.0952. The van der Waals surface area contributed by atoms with Crippen LogP contribution in [0.2, 0.25) is 0 Å². The molecule has 0 unspecified atom stereocenters. The van der Waals surface area contributed by atoms with Gasteiger partial charge in [0, 0.05) is 11.9 Å². The Balaban J connectivity index is 1.53. The van der Waals surface area contributed by atoms with E-state index in [4.69, 9.17) is 0 Å². The largest absolute Gasteiger partial charge is 0.361 e. The smallest absolute Gasteiger partial charge is 0.280 e. The minimum Gasteiger partial charge on any atom is -0.361 e. The molecule has 3 N–H and O–H groups in total. The van der Waals surface area contributed by atoms with E-state index in [0.717, 1.165) is 5.01 Å². The van der Waals surface area contributed by atoms with E-state index in [1.165, 1.54) is 34.4 Å². The maximum Gasteiger partial charge on any atom is 0.280 e. The molecule has 2 heterocycles. The molecule has 0 saturated carbocycles. The highest BCUT2D eigenvalue weighted by molar-refractivity contribution is 7.93. The monoisotopic (exact) mass is 468 g/mol. The SMILES string of the molecule is C=c1[nH]n(-c2ccccc2)c(=O)/c1=C/Nc1ccc(S(=O)(=O)Nc2nnc(CC)s2)cc1. The topological polar surface area (TPSA) is 122 Å². The summed E-state index contributed by atoms with van der Waals surface area (Å²) in [4.78, 5) is 12.8. The zero-order valence-electron chi connectivity index (χ0n) is 17.1. The van der Waals surface area contributed by atoms with Crippen molar-refractivity contribution in [2.45, 2.75) is 18.2 Å². The Bertz CT molecular complexity index is 1500. The first-order valence-corrected chi connectivity index (χ1v) is 11.9. The zero-order chi connectivity index (χ0) is 22.7. The molecule has 0 aliphatic rings. The molecular formula is C21H20N6O3S2. The van der Waals surface area contributed by atoms with E-state index in [1.54, 1.807) is 12.1 Å². The molecule has 11 heteroatoms. The lowest BCUT2D eigenvalue weighted by Crippen LogP contribution is -2.34. The van der Waals surface area contributed by atoms with Gasteiger partial charge in [0.05, 0.1) is 21.2 Å². The maximum atomic E-state index is 12.7. The summed E-state index contributed by atoms with van der Waals surface area (Å²) in [7, 11) is -3.78. The van der Waals surface area contributed by atoms with Crippen LogP contribution >= 0.6 is 11.3 Å². The average Bonchev–Trinajstić information content (AvgIpc) is 3.36. The zero-order valence-corrected chi connectivity index (χ0v) is 18.7. The fourth-order valence-electron chi connectivity index (χ4n) is 2.90. The van der Waals surface area contributed by atoms with Crippen molar-refractivity contribution < 1.29 is 8.42 Å². The number of nitrogens with one attached hydrogen (secondary N) is 3. The third-order valence-electron chi connectivity index (χ3n) is 4.56. The van der Waals surface area contributed by atoms with E-state index in [-0.39, 0.29) is 15.6 Å². The van der Waals surface area contributed by atoms with Crippen LogP contribution in [0.4, 0.5) is 10.8 Å². The number of anilines is 2. The highest BCUT2D eigenvalue weighted by Gasteiger charge is 2.16. The summed E-state index contributed by atoms with van der Waals surface area (Å²) in [6.07, 6.45) is 2.22. The van der Waals surface area contributed by atoms with Gasteiger partial charge in [0.1, 0.15) is 5.01 Å². The number of benzene rings is 2. The maximum absolute atomic E-state index is 12.7. The van der Waals surface area contributed by atoms with Gasteiger partial charge >= 0.3 is 0 Å². The molecule has 0 radical (unpaired) electrons. The van der Waals surface area contributed by atoms with Crippen LogP contribution in [-0.2, 0) is 16.4 Å². The van der Waals surface area contributed by atoms with E-state index in [9.17, 15) is 13.2 Å². The third-order valence-corrected chi connectivity index (χ3v) is 7.03. The number of rotatable bonds is 7. The van der Waals surface area contributed by atoms with Gasteiger partial charge in [0.25, 0.3) is 15.6 Å². The molecule has 0 amide bonds. The lowest BCUT2D eigenvalue weighted by atomic mass is 10.3. The van der Waals surface area contributed by atoms with Gasteiger partial charge in [-0.25, -0.2) is 13.1 Å². The second kappa shape index (κ2) is 8.81. The van der Waals surface area contributed by atoms with E-state index in [1.807, 2.05) is 37.3 Å². The van der Waals surface area contributed by atoms with Crippen molar-refractivity contribution in [1.29, 1.82) is 0 Å². The Labute approximate surface area is 187 Å². The molecule has 0 bridgehead atoms. The minimum absolute atomic E-state index is 0.0854. The van der Waals surface area contributed by atoms with E-state index < -0.39 is 10.0 Å². The van der Waals surface area contributed by atoms with E-state index in [0.29, 0.717) is 28.4 Å². The van der Waals surface area contributed by atoms with Gasteiger partial charge < -0.3 is 5.32 Å². The van der Waals surface area contributed by atoms with Gasteiger partial charge in [0.15, 0.2) is 0 Å². The number of hydrogen-bond donors (Lipinski definition) is 3. The summed E-state index contributed by atoms with van der Waals surface area (Å²) in [6.45, 7) is 5.81. The quantitative estimate of drug-likeness (QED) is 0.379. The molecule has 0 fully saturated rings. The van der Waals surface area contributed by atoms with Crippen LogP contribution < -0.4 is 26.2 Å². The lowest BCUT2D eigenvalue weighted by molar-refractivity contribution is 0.601. The van der Waals surface area contributed by atoms with Crippen molar-refractivity contribution in [3.63, 3.8) is 0 Å². The minimum atomic E-state index is -3.78. The second-order valence-electron chi connectivity index (χ2n) is 6.75. The molecule has 0 saturated heterocycles. The normalized spacial score (nSPS) is 12.1. The molecular weight excluding hydrogens is 448 g/mol. The molecule has 4 rings (SSSR count). The van der Waals surface area contributed by atoms with Crippen LogP contribution in [0.15, 0.2) is 64.3 Å². The third kappa shape index (κ3) is 4.48. The van der Waals surface area contributed by atoms with Crippen molar-refractivity contribution in [2.75, 3.05) is 10.0 Å². The lowest BCUT2D eigenvalue weighted by Gasteiger charge is -2.06. The molecule has 2 aromatic carbocycles. The second-order valence-corrected chi connectivity index (χ2v) is 9.50. The molecule has 4 aromatic rings. The van der Waals surface area contributed by atoms with Crippen LogP contribution in [0.1, 0.15) is 11.9 Å². The van der Waals surface area contributed by atoms with Crippen molar-refractivity contribution in [2.24, 2.45) is 0 Å². The van der Waals surface area contributed by atoms with Gasteiger partial charge in [0.2, 0.25) is 5.13 Å². The molecule has 0 aliphatic carbocycles. The number of H-pyrrole nitrogens is 1. The average molecular weight is 469 g/mol. The van der Waals surface area contributed by atoms with E-state index >= 15 is 0 Å². The number of para-hydroxylation sites is 1. The van der Waals surface area contributed by atoms with Gasteiger partial charge in [-0.3, -0.25) is 14.6 Å². The van der Waals surface area contributed by atoms with Gasteiger partial charge in [-0.15, -0.1) is 10.2 Å². The first-order valence-electron chi connectivity index (χ1n) is 9.65. The number of aromatic amines is 1. The predicted molar refractivity (Wildman–Crippen MR) is 126 cm³/mol. The summed E-state index contributed by atoms with van der Waals surface area (Å²) in [6, 6.07) is 15.3. The molecule has 0 spiro atoms. The highest BCUT2D eigenvalue weighted by Crippen LogP contribution is 2.21. The van der Waals surface area contributed by atoms with Crippen LogP contribution in [0.3, 0.4) is 0 Å². The number of hydrogen-bond acceptors (Lipinski definition) is 7. The molecule has 0 aliphatic heterocycles. The van der Waals surface area contributed by atoms with Crippen molar-refractivity contribution in [1.82, 2.24) is 20.0 Å².